The summed E-state index contributed by atoms with van der Waals surface area (Å²) in [5.41, 5.74) is 11.0. The molecule has 1 aliphatic heterocycles. The largest absolute Gasteiger partial charge is 0.354 e. The van der Waals surface area contributed by atoms with Crippen LogP contribution < -0.4 is 10.7 Å². The summed E-state index contributed by atoms with van der Waals surface area (Å²) in [4.78, 5) is 2.50. The van der Waals surface area contributed by atoms with Crippen molar-refractivity contribution in [2.75, 3.05) is 10.7 Å². The number of anilines is 3. The third-order valence-electron chi connectivity index (χ3n) is 4.50. The predicted octanol–water partition coefficient (Wildman–Crippen LogP) is 6.35. The standard InChI is InChI=1S/C22H21N3S/c1-14-8-10-18(15(2)12-14)25-24-16(3)17-9-11-22-20(13-17)23-19-6-4-5-7-21(19)26-22/h4-13,23,25H,1-3H3/b24-16-. The summed E-state index contributed by atoms with van der Waals surface area (Å²) in [6.45, 7) is 6.22. The van der Waals surface area contributed by atoms with Gasteiger partial charge in [-0.15, -0.1) is 0 Å². The molecule has 3 aromatic rings. The third-order valence-corrected chi connectivity index (χ3v) is 5.65. The molecule has 4 heteroatoms. The van der Waals surface area contributed by atoms with Gasteiger partial charge < -0.3 is 5.32 Å². The first-order valence-electron chi connectivity index (χ1n) is 8.66. The van der Waals surface area contributed by atoms with Crippen molar-refractivity contribution < 1.29 is 0 Å². The molecule has 0 aromatic heterocycles. The smallest absolute Gasteiger partial charge is 0.0649 e. The van der Waals surface area contributed by atoms with Crippen molar-refractivity contribution in [3.05, 3.63) is 77.4 Å². The first-order chi connectivity index (χ1) is 12.6. The van der Waals surface area contributed by atoms with Crippen LogP contribution in [0.2, 0.25) is 0 Å². The van der Waals surface area contributed by atoms with Crippen LogP contribution >= 0.6 is 11.8 Å². The Labute approximate surface area is 158 Å². The van der Waals surface area contributed by atoms with Crippen molar-refractivity contribution in [3.63, 3.8) is 0 Å². The molecule has 0 radical (unpaired) electrons. The molecular formula is C22H21N3S. The fourth-order valence-electron chi connectivity index (χ4n) is 3.01. The Hall–Kier alpha value is -2.72. The molecule has 1 heterocycles. The van der Waals surface area contributed by atoms with E-state index in [2.05, 4.69) is 90.4 Å². The molecule has 130 valence electrons. The average Bonchev–Trinajstić information content (AvgIpc) is 2.65. The molecule has 1 aliphatic rings. The van der Waals surface area contributed by atoms with Gasteiger partial charge in [0.05, 0.1) is 22.8 Å². The SMILES string of the molecule is C/C(=N/Nc1ccc(C)cc1C)c1ccc2c(c1)Nc1ccccc1S2. The Morgan fingerprint density at radius 2 is 1.73 bits per heavy atom. The summed E-state index contributed by atoms with van der Waals surface area (Å²) >= 11 is 1.80. The lowest BCUT2D eigenvalue weighted by Crippen LogP contribution is -2.04. The lowest BCUT2D eigenvalue weighted by Gasteiger charge is -2.21. The van der Waals surface area contributed by atoms with E-state index in [0.29, 0.717) is 0 Å². The van der Waals surface area contributed by atoms with Crippen molar-refractivity contribution in [1.82, 2.24) is 0 Å². The van der Waals surface area contributed by atoms with Crippen LogP contribution in [0.15, 0.2) is 75.6 Å². The predicted molar refractivity (Wildman–Crippen MR) is 112 cm³/mol. The van der Waals surface area contributed by atoms with Crippen LogP contribution in [0.4, 0.5) is 17.1 Å². The first-order valence-corrected chi connectivity index (χ1v) is 9.48. The minimum absolute atomic E-state index is 0.957. The molecule has 0 bridgehead atoms. The van der Waals surface area contributed by atoms with E-state index < -0.39 is 0 Å². The molecule has 0 unspecified atom stereocenters. The first kappa shape index (κ1) is 16.7. The minimum atomic E-state index is 0.957. The molecule has 0 atom stereocenters. The summed E-state index contributed by atoms with van der Waals surface area (Å²) in [6, 6.07) is 21.2. The van der Waals surface area contributed by atoms with Crippen molar-refractivity contribution in [2.45, 2.75) is 30.6 Å². The topological polar surface area (TPSA) is 36.4 Å². The number of rotatable bonds is 3. The Bertz CT molecular complexity index is 1010. The van der Waals surface area contributed by atoms with Crippen molar-refractivity contribution in [2.24, 2.45) is 5.10 Å². The number of aryl methyl sites for hydroxylation is 2. The lowest BCUT2D eigenvalue weighted by atomic mass is 10.1. The zero-order valence-electron chi connectivity index (χ0n) is 15.1. The van der Waals surface area contributed by atoms with E-state index in [4.69, 9.17) is 0 Å². The van der Waals surface area contributed by atoms with Gasteiger partial charge in [-0.3, -0.25) is 5.43 Å². The van der Waals surface area contributed by atoms with Crippen molar-refractivity contribution in [1.29, 1.82) is 0 Å². The van der Waals surface area contributed by atoms with Gasteiger partial charge in [-0.25, -0.2) is 0 Å². The number of hydrazone groups is 1. The second-order valence-electron chi connectivity index (χ2n) is 6.56. The van der Waals surface area contributed by atoms with Gasteiger partial charge in [0.1, 0.15) is 0 Å². The monoisotopic (exact) mass is 359 g/mol. The normalized spacial score (nSPS) is 12.8. The second kappa shape index (κ2) is 6.89. The highest BCUT2D eigenvalue weighted by atomic mass is 32.2. The van der Waals surface area contributed by atoms with Gasteiger partial charge in [0.2, 0.25) is 0 Å². The molecule has 3 nitrogen and oxygen atoms in total. The Kier molecular flexibility index (Phi) is 4.43. The van der Waals surface area contributed by atoms with Gasteiger partial charge in [0.25, 0.3) is 0 Å². The van der Waals surface area contributed by atoms with E-state index in [1.54, 1.807) is 11.8 Å². The van der Waals surface area contributed by atoms with E-state index in [0.717, 1.165) is 28.3 Å². The number of hydrogen-bond acceptors (Lipinski definition) is 4. The van der Waals surface area contributed by atoms with Crippen LogP contribution in [0.25, 0.3) is 0 Å². The van der Waals surface area contributed by atoms with Crippen LogP contribution in [-0.4, -0.2) is 5.71 Å². The van der Waals surface area contributed by atoms with E-state index in [1.165, 1.54) is 20.9 Å². The lowest BCUT2D eigenvalue weighted by molar-refractivity contribution is 1.27. The van der Waals surface area contributed by atoms with Crippen LogP contribution in [-0.2, 0) is 0 Å². The van der Waals surface area contributed by atoms with E-state index in [-0.39, 0.29) is 0 Å². The highest BCUT2D eigenvalue weighted by molar-refractivity contribution is 7.99. The van der Waals surface area contributed by atoms with Gasteiger partial charge in [-0.2, -0.15) is 5.10 Å². The van der Waals surface area contributed by atoms with Gasteiger partial charge in [0, 0.05) is 9.79 Å². The van der Waals surface area contributed by atoms with E-state index in [1.807, 2.05) is 6.92 Å². The maximum absolute atomic E-state index is 4.58. The summed E-state index contributed by atoms with van der Waals surface area (Å²) in [5.74, 6) is 0. The van der Waals surface area contributed by atoms with Crippen LogP contribution in [0, 0.1) is 13.8 Å². The molecule has 0 saturated heterocycles. The van der Waals surface area contributed by atoms with Crippen LogP contribution in [0.1, 0.15) is 23.6 Å². The third kappa shape index (κ3) is 3.33. The second-order valence-corrected chi connectivity index (χ2v) is 7.65. The molecule has 0 aliphatic carbocycles. The average molecular weight is 359 g/mol. The molecule has 3 aromatic carbocycles. The van der Waals surface area contributed by atoms with Gasteiger partial charge in [0.15, 0.2) is 0 Å². The molecule has 0 spiro atoms. The maximum atomic E-state index is 4.58. The van der Waals surface area contributed by atoms with E-state index >= 15 is 0 Å². The summed E-state index contributed by atoms with van der Waals surface area (Å²) < 4.78 is 0. The molecule has 0 saturated carbocycles. The molecule has 2 N–H and O–H groups in total. The highest BCUT2D eigenvalue weighted by Gasteiger charge is 2.15. The van der Waals surface area contributed by atoms with Gasteiger partial charge >= 0.3 is 0 Å². The number of nitrogens with one attached hydrogen (secondary N) is 2. The summed E-state index contributed by atoms with van der Waals surface area (Å²) in [5, 5.41) is 8.11. The molecular weight excluding hydrogens is 338 g/mol. The summed E-state index contributed by atoms with van der Waals surface area (Å²) in [7, 11) is 0. The molecule has 0 fully saturated rings. The van der Waals surface area contributed by atoms with Gasteiger partial charge in [-0.1, -0.05) is 47.7 Å². The fraction of sp³-hybridized carbons (Fsp3) is 0.136. The number of nitrogens with zero attached hydrogens (tertiary/aromatic N) is 1. The Morgan fingerprint density at radius 3 is 2.58 bits per heavy atom. The highest BCUT2D eigenvalue weighted by Crippen LogP contribution is 2.44. The quantitative estimate of drug-likeness (QED) is 0.331. The molecule has 26 heavy (non-hydrogen) atoms. The number of benzene rings is 3. The number of para-hydroxylation sites is 1. The maximum Gasteiger partial charge on any atom is 0.0649 e. The number of fused-ring (bicyclic) bond motifs is 2. The van der Waals surface area contributed by atoms with Gasteiger partial charge in [-0.05, 0) is 62.2 Å². The number of hydrogen-bond donors (Lipinski definition) is 2. The van der Waals surface area contributed by atoms with E-state index in [9.17, 15) is 0 Å². The van der Waals surface area contributed by atoms with Crippen molar-refractivity contribution >= 4 is 34.5 Å². The van der Waals surface area contributed by atoms with Crippen LogP contribution in [0.5, 0.6) is 0 Å². The fourth-order valence-corrected chi connectivity index (χ4v) is 3.98. The van der Waals surface area contributed by atoms with Crippen molar-refractivity contribution in [3.8, 4) is 0 Å². The zero-order chi connectivity index (χ0) is 18.1. The molecule has 4 rings (SSSR count). The van der Waals surface area contributed by atoms with Crippen LogP contribution in [0.3, 0.4) is 0 Å². The zero-order valence-corrected chi connectivity index (χ0v) is 15.9. The minimum Gasteiger partial charge on any atom is -0.354 e. The Balaban J connectivity index is 1.57. The Morgan fingerprint density at radius 1 is 0.923 bits per heavy atom. The molecule has 0 amide bonds. The summed E-state index contributed by atoms with van der Waals surface area (Å²) in [6.07, 6.45) is 0.